The standard InChI is InChI=1S/C12H20N4O2S/c1-4-18-10(17)12(13-2,9-5-6-9)7-19-11-14-8-15-16(11)3/h8-9,13H,4-7H2,1-3H3. The molecule has 7 heteroatoms. The molecule has 0 aromatic carbocycles. The fourth-order valence-electron chi connectivity index (χ4n) is 2.15. The van der Waals surface area contributed by atoms with Crippen LogP contribution in [-0.4, -0.2) is 45.7 Å². The van der Waals surface area contributed by atoms with E-state index in [0.717, 1.165) is 18.0 Å². The third-order valence-corrected chi connectivity index (χ3v) is 4.69. The van der Waals surface area contributed by atoms with Gasteiger partial charge in [0.1, 0.15) is 11.9 Å². The van der Waals surface area contributed by atoms with Crippen LogP contribution in [0.4, 0.5) is 0 Å². The Kier molecular flexibility index (Phi) is 4.46. The summed E-state index contributed by atoms with van der Waals surface area (Å²) in [5, 5.41) is 8.03. The van der Waals surface area contributed by atoms with E-state index in [1.54, 1.807) is 4.68 Å². The molecule has 0 saturated heterocycles. The molecule has 0 radical (unpaired) electrons. The summed E-state index contributed by atoms with van der Waals surface area (Å²) in [6, 6.07) is 0. The van der Waals surface area contributed by atoms with Crippen LogP contribution in [0.2, 0.25) is 0 Å². The Labute approximate surface area is 117 Å². The highest BCUT2D eigenvalue weighted by molar-refractivity contribution is 7.99. The Morgan fingerprint density at radius 2 is 2.42 bits per heavy atom. The molecule has 106 valence electrons. The highest BCUT2D eigenvalue weighted by Gasteiger charge is 2.51. The molecule has 1 aromatic rings. The Hall–Kier alpha value is -1.08. The fourth-order valence-corrected chi connectivity index (χ4v) is 3.36. The van der Waals surface area contributed by atoms with Crippen molar-refractivity contribution in [2.45, 2.75) is 30.5 Å². The first-order chi connectivity index (χ1) is 9.14. The third kappa shape index (κ3) is 2.92. The summed E-state index contributed by atoms with van der Waals surface area (Å²) in [7, 11) is 3.67. The molecular weight excluding hydrogens is 264 g/mol. The molecular formula is C12H20N4O2S. The molecule has 1 saturated carbocycles. The Morgan fingerprint density at radius 3 is 2.89 bits per heavy atom. The first-order valence-corrected chi connectivity index (χ1v) is 7.45. The van der Waals surface area contributed by atoms with Crippen molar-refractivity contribution in [2.75, 3.05) is 19.4 Å². The fraction of sp³-hybridized carbons (Fsp3) is 0.750. The van der Waals surface area contributed by atoms with E-state index in [2.05, 4.69) is 15.4 Å². The van der Waals surface area contributed by atoms with Crippen molar-refractivity contribution in [1.82, 2.24) is 20.1 Å². The summed E-state index contributed by atoms with van der Waals surface area (Å²) < 4.78 is 6.95. The van der Waals surface area contributed by atoms with Crippen molar-refractivity contribution in [3.63, 3.8) is 0 Å². The van der Waals surface area contributed by atoms with Crippen LogP contribution in [0.25, 0.3) is 0 Å². The topological polar surface area (TPSA) is 69.0 Å². The molecule has 0 aliphatic heterocycles. The van der Waals surface area contributed by atoms with Crippen molar-refractivity contribution in [3.05, 3.63) is 6.33 Å². The smallest absolute Gasteiger partial charge is 0.327 e. The summed E-state index contributed by atoms with van der Waals surface area (Å²) in [6.07, 6.45) is 3.66. The molecule has 1 N–H and O–H groups in total. The average Bonchev–Trinajstić information content (AvgIpc) is 3.16. The number of hydrogen-bond donors (Lipinski definition) is 1. The lowest BCUT2D eigenvalue weighted by Gasteiger charge is -2.30. The van der Waals surface area contributed by atoms with Crippen LogP contribution in [0.3, 0.4) is 0 Å². The largest absolute Gasteiger partial charge is 0.465 e. The van der Waals surface area contributed by atoms with Gasteiger partial charge in [-0.05, 0) is 32.7 Å². The molecule has 1 heterocycles. The number of thioether (sulfide) groups is 1. The van der Waals surface area contributed by atoms with Crippen LogP contribution in [0.1, 0.15) is 19.8 Å². The van der Waals surface area contributed by atoms with Gasteiger partial charge in [0, 0.05) is 12.8 Å². The molecule has 1 aliphatic rings. The zero-order valence-electron chi connectivity index (χ0n) is 11.5. The highest BCUT2D eigenvalue weighted by Crippen LogP contribution is 2.42. The van der Waals surface area contributed by atoms with Gasteiger partial charge in [0.15, 0.2) is 5.16 Å². The van der Waals surface area contributed by atoms with Crippen LogP contribution in [0, 0.1) is 5.92 Å². The first-order valence-electron chi connectivity index (χ1n) is 6.47. The van der Waals surface area contributed by atoms with Crippen LogP contribution >= 0.6 is 11.8 Å². The molecule has 1 atom stereocenters. The summed E-state index contributed by atoms with van der Waals surface area (Å²) in [6.45, 7) is 2.24. The van der Waals surface area contributed by atoms with Crippen molar-refractivity contribution in [1.29, 1.82) is 0 Å². The molecule has 1 fully saturated rings. The van der Waals surface area contributed by atoms with Gasteiger partial charge < -0.3 is 10.1 Å². The monoisotopic (exact) mass is 284 g/mol. The maximum Gasteiger partial charge on any atom is 0.327 e. The van der Waals surface area contributed by atoms with E-state index < -0.39 is 5.54 Å². The van der Waals surface area contributed by atoms with E-state index in [-0.39, 0.29) is 5.97 Å². The molecule has 1 aliphatic carbocycles. The van der Waals surface area contributed by atoms with Gasteiger partial charge >= 0.3 is 5.97 Å². The normalized spacial score (nSPS) is 18.1. The number of hydrogen-bond acceptors (Lipinski definition) is 6. The van der Waals surface area contributed by atoms with Gasteiger partial charge in [0.05, 0.1) is 6.61 Å². The lowest BCUT2D eigenvalue weighted by atomic mass is 9.96. The molecule has 0 bridgehead atoms. The lowest BCUT2D eigenvalue weighted by molar-refractivity contribution is -0.150. The predicted octanol–water partition coefficient (Wildman–Crippen LogP) is 0.838. The summed E-state index contributed by atoms with van der Waals surface area (Å²) in [4.78, 5) is 16.5. The molecule has 1 aromatic heterocycles. The van der Waals surface area contributed by atoms with Gasteiger partial charge in [0.25, 0.3) is 0 Å². The number of carbonyl (C=O) groups is 1. The Morgan fingerprint density at radius 1 is 1.68 bits per heavy atom. The van der Waals surface area contributed by atoms with Gasteiger partial charge in [-0.25, -0.2) is 9.67 Å². The maximum absolute atomic E-state index is 12.3. The van der Waals surface area contributed by atoms with E-state index in [1.165, 1.54) is 18.1 Å². The van der Waals surface area contributed by atoms with Gasteiger partial charge in [-0.3, -0.25) is 4.79 Å². The van der Waals surface area contributed by atoms with E-state index in [0.29, 0.717) is 18.3 Å². The third-order valence-electron chi connectivity index (χ3n) is 3.46. The summed E-state index contributed by atoms with van der Waals surface area (Å²) in [5.74, 6) is 0.812. The zero-order chi connectivity index (χ0) is 13.9. The number of nitrogens with zero attached hydrogens (tertiary/aromatic N) is 3. The van der Waals surface area contributed by atoms with Crippen LogP contribution in [0.5, 0.6) is 0 Å². The second kappa shape index (κ2) is 5.92. The molecule has 2 rings (SSSR count). The van der Waals surface area contributed by atoms with Gasteiger partial charge in [0.2, 0.25) is 0 Å². The summed E-state index contributed by atoms with van der Waals surface area (Å²) >= 11 is 1.53. The quantitative estimate of drug-likeness (QED) is 0.591. The van der Waals surface area contributed by atoms with Crippen molar-refractivity contribution < 1.29 is 9.53 Å². The first kappa shape index (κ1) is 14.3. The maximum atomic E-state index is 12.3. The number of nitrogens with one attached hydrogen (secondary N) is 1. The second-order valence-electron chi connectivity index (χ2n) is 4.67. The second-order valence-corrected chi connectivity index (χ2v) is 5.61. The van der Waals surface area contributed by atoms with Gasteiger partial charge in [-0.1, -0.05) is 11.8 Å². The Bertz CT molecular complexity index is 447. The minimum Gasteiger partial charge on any atom is -0.465 e. The zero-order valence-corrected chi connectivity index (χ0v) is 12.4. The lowest BCUT2D eigenvalue weighted by Crippen LogP contribution is -2.55. The average molecular weight is 284 g/mol. The highest BCUT2D eigenvalue weighted by atomic mass is 32.2. The van der Waals surface area contributed by atoms with Crippen LogP contribution in [0.15, 0.2) is 11.5 Å². The van der Waals surface area contributed by atoms with Crippen molar-refractivity contribution in [3.8, 4) is 0 Å². The minimum absolute atomic E-state index is 0.158. The number of likely N-dealkylation sites (N-methyl/N-ethyl adjacent to an activating group) is 1. The Balaban J connectivity index is 2.09. The van der Waals surface area contributed by atoms with Crippen molar-refractivity contribution >= 4 is 17.7 Å². The SMILES string of the molecule is CCOC(=O)C(CSc1ncnn1C)(NC)C1CC1. The number of esters is 1. The molecule has 6 nitrogen and oxygen atoms in total. The van der Waals surface area contributed by atoms with E-state index >= 15 is 0 Å². The van der Waals surface area contributed by atoms with E-state index in [4.69, 9.17) is 4.74 Å². The van der Waals surface area contributed by atoms with Crippen LogP contribution < -0.4 is 5.32 Å². The van der Waals surface area contributed by atoms with Crippen molar-refractivity contribution in [2.24, 2.45) is 13.0 Å². The van der Waals surface area contributed by atoms with Crippen LogP contribution in [-0.2, 0) is 16.6 Å². The predicted molar refractivity (Wildman–Crippen MR) is 72.9 cm³/mol. The minimum atomic E-state index is -0.605. The molecule has 1 unspecified atom stereocenters. The number of carbonyl (C=O) groups excluding carboxylic acids is 1. The van der Waals surface area contributed by atoms with Gasteiger partial charge in [-0.15, -0.1) is 0 Å². The van der Waals surface area contributed by atoms with E-state index in [1.807, 2.05) is 21.0 Å². The molecule has 0 spiro atoms. The van der Waals surface area contributed by atoms with Gasteiger partial charge in [-0.2, -0.15) is 5.10 Å². The molecule has 19 heavy (non-hydrogen) atoms. The number of aromatic nitrogens is 3. The number of aryl methyl sites for hydroxylation is 1. The number of rotatable bonds is 7. The van der Waals surface area contributed by atoms with E-state index in [9.17, 15) is 4.79 Å². The number of ether oxygens (including phenoxy) is 1. The summed E-state index contributed by atoms with van der Waals surface area (Å²) in [5.41, 5.74) is -0.605. The molecule has 0 amide bonds.